The predicted molar refractivity (Wildman–Crippen MR) is 174 cm³/mol. The minimum atomic E-state index is -4.64. The summed E-state index contributed by atoms with van der Waals surface area (Å²) >= 11 is 0. The number of alkyl halides is 3. The van der Waals surface area contributed by atoms with Crippen LogP contribution in [0.5, 0.6) is 0 Å². The molecule has 0 aliphatic carbocycles. The molecule has 0 aliphatic rings. The molecule has 5 aromatic rings. The molecule has 238 valence electrons. The van der Waals surface area contributed by atoms with Crippen molar-refractivity contribution in [3.05, 3.63) is 96.2 Å². The zero-order valence-electron chi connectivity index (χ0n) is 26.0. The van der Waals surface area contributed by atoms with Crippen molar-refractivity contribution in [2.75, 3.05) is 10.2 Å². The maximum Gasteiger partial charge on any atom is 0.416 e. The van der Waals surface area contributed by atoms with Crippen molar-refractivity contribution in [2.24, 2.45) is 0 Å². The number of rotatable bonds is 12. The van der Waals surface area contributed by atoms with Crippen LogP contribution in [0.1, 0.15) is 62.3 Å². The van der Waals surface area contributed by atoms with Crippen LogP contribution in [0.2, 0.25) is 0 Å². The Bertz CT molecular complexity index is 1790. The van der Waals surface area contributed by atoms with E-state index >= 15 is 0 Å². The molecule has 8 nitrogen and oxygen atoms in total. The fraction of sp³-hybridized carbons (Fsp3) is 0.286. The first-order valence-electron chi connectivity index (χ1n) is 15.3. The topological polar surface area (TPSA) is 99.7 Å². The summed E-state index contributed by atoms with van der Waals surface area (Å²) in [6.07, 6.45) is 6.72. The quantitative estimate of drug-likeness (QED) is 0.134. The molecule has 11 heteroatoms. The lowest BCUT2D eigenvalue weighted by Gasteiger charge is -2.26. The van der Waals surface area contributed by atoms with Crippen LogP contribution in [-0.4, -0.2) is 30.8 Å². The van der Waals surface area contributed by atoms with Crippen molar-refractivity contribution < 1.29 is 18.0 Å². The third kappa shape index (κ3) is 7.96. The molecular weight excluding hydrogens is 591 g/mol. The molecule has 0 aliphatic heterocycles. The van der Waals surface area contributed by atoms with Crippen molar-refractivity contribution in [3.63, 3.8) is 0 Å². The molecule has 3 heterocycles. The number of anilines is 4. The fourth-order valence-corrected chi connectivity index (χ4v) is 5.13. The Balaban J connectivity index is 1.55. The first-order chi connectivity index (χ1) is 22.1. The van der Waals surface area contributed by atoms with Crippen LogP contribution in [-0.2, 0) is 11.0 Å². The van der Waals surface area contributed by atoms with Gasteiger partial charge in [0.25, 0.3) is 0 Å². The maximum absolute atomic E-state index is 14.2. The number of hydrogen-bond acceptors (Lipinski definition) is 6. The molecule has 1 amide bonds. The van der Waals surface area contributed by atoms with Crippen molar-refractivity contribution >= 4 is 28.9 Å². The molecule has 0 spiro atoms. The molecule has 5 rings (SSSR count). The standard InChI is InChI=1S/C35H36F3N7O/c1-4-5-6-7-8-11-32(46)45(29-18-26(33-41-21-24(3)42-33)17-27(19-29)35(36,37)38)28-13-12-23(2)31(20-28)44-34-40-16-14-30(43-34)25-10-9-15-39-22-25/h9-10,12-22H,4-8,11H2,1-3H3,(H,41,42)(H,40,43,44). The fourth-order valence-electron chi connectivity index (χ4n) is 5.13. The number of amides is 1. The van der Waals surface area contributed by atoms with Crippen LogP contribution in [0.25, 0.3) is 22.6 Å². The summed E-state index contributed by atoms with van der Waals surface area (Å²) in [6, 6.07) is 14.4. The maximum atomic E-state index is 14.2. The number of benzene rings is 2. The van der Waals surface area contributed by atoms with Gasteiger partial charge in [-0.1, -0.05) is 38.7 Å². The number of imidazole rings is 1. The number of halogens is 3. The van der Waals surface area contributed by atoms with E-state index in [1.165, 1.54) is 4.90 Å². The molecule has 0 fully saturated rings. The highest BCUT2D eigenvalue weighted by atomic mass is 19.4. The van der Waals surface area contributed by atoms with Crippen LogP contribution in [0.4, 0.5) is 36.2 Å². The van der Waals surface area contributed by atoms with E-state index in [9.17, 15) is 18.0 Å². The second-order valence-corrected chi connectivity index (χ2v) is 11.2. The van der Waals surface area contributed by atoms with Crippen molar-refractivity contribution in [1.82, 2.24) is 24.9 Å². The summed E-state index contributed by atoms with van der Waals surface area (Å²) in [6.45, 7) is 5.77. The number of H-pyrrole nitrogens is 1. The Morgan fingerprint density at radius 1 is 0.891 bits per heavy atom. The molecule has 46 heavy (non-hydrogen) atoms. The Hall–Kier alpha value is -5.06. The highest BCUT2D eigenvalue weighted by Gasteiger charge is 2.33. The number of hydrogen-bond donors (Lipinski definition) is 2. The highest BCUT2D eigenvalue weighted by molar-refractivity contribution is 6.01. The van der Waals surface area contributed by atoms with Gasteiger partial charge in [0.2, 0.25) is 11.9 Å². The normalized spacial score (nSPS) is 11.4. The summed E-state index contributed by atoms with van der Waals surface area (Å²) in [4.78, 5) is 35.7. The Kier molecular flexibility index (Phi) is 10.1. The lowest BCUT2D eigenvalue weighted by molar-refractivity contribution is -0.137. The number of carbonyl (C=O) groups excluding carboxylic acids is 1. The van der Waals surface area contributed by atoms with E-state index in [-0.39, 0.29) is 29.4 Å². The molecule has 0 bridgehead atoms. The van der Waals surface area contributed by atoms with Gasteiger partial charge in [0.1, 0.15) is 5.82 Å². The molecular formula is C35H36F3N7O. The Morgan fingerprint density at radius 2 is 1.72 bits per heavy atom. The third-order valence-electron chi connectivity index (χ3n) is 7.56. The average molecular weight is 628 g/mol. The molecule has 0 saturated heterocycles. The van der Waals surface area contributed by atoms with Gasteiger partial charge in [0.05, 0.1) is 22.6 Å². The second-order valence-electron chi connectivity index (χ2n) is 11.2. The number of nitrogens with one attached hydrogen (secondary N) is 2. The van der Waals surface area contributed by atoms with Crippen LogP contribution >= 0.6 is 0 Å². The molecule has 3 aromatic heterocycles. The van der Waals surface area contributed by atoms with Gasteiger partial charge in [-0.05, 0) is 74.4 Å². The molecule has 0 unspecified atom stereocenters. The highest BCUT2D eigenvalue weighted by Crippen LogP contribution is 2.39. The van der Waals surface area contributed by atoms with E-state index in [1.807, 2.05) is 25.1 Å². The Labute approximate surface area is 266 Å². The summed E-state index contributed by atoms with van der Waals surface area (Å²) in [5, 5.41) is 3.23. The number of aromatic amines is 1. The molecule has 2 aromatic carbocycles. The molecule has 0 radical (unpaired) electrons. The van der Waals surface area contributed by atoms with Gasteiger partial charge in [-0.2, -0.15) is 13.2 Å². The number of aryl methyl sites for hydroxylation is 2. The largest absolute Gasteiger partial charge is 0.416 e. The number of carbonyl (C=O) groups is 1. The van der Waals surface area contributed by atoms with Crippen molar-refractivity contribution in [2.45, 2.75) is 65.5 Å². The van der Waals surface area contributed by atoms with E-state index in [0.29, 0.717) is 35.1 Å². The smallest absolute Gasteiger partial charge is 0.342 e. The van der Waals surface area contributed by atoms with E-state index in [0.717, 1.165) is 48.9 Å². The molecule has 2 N–H and O–H groups in total. The SMILES string of the molecule is CCCCCCCC(=O)N(c1cc(-c2ncc(C)[nH]2)cc(C(F)(F)F)c1)c1ccc(C)c(Nc2nccc(-c3cccnc3)n2)c1. The minimum absolute atomic E-state index is 0.0991. The van der Waals surface area contributed by atoms with Gasteiger partial charge in [-0.15, -0.1) is 0 Å². The average Bonchev–Trinajstić information content (AvgIpc) is 3.49. The van der Waals surface area contributed by atoms with Crippen molar-refractivity contribution in [3.8, 4) is 22.6 Å². The monoisotopic (exact) mass is 627 g/mol. The minimum Gasteiger partial charge on any atom is -0.342 e. The summed E-state index contributed by atoms with van der Waals surface area (Å²) < 4.78 is 42.6. The zero-order chi connectivity index (χ0) is 32.7. The molecule has 0 saturated carbocycles. The summed E-state index contributed by atoms with van der Waals surface area (Å²) in [5.74, 6) is 0.306. The van der Waals surface area contributed by atoms with Gasteiger partial charge in [-0.3, -0.25) is 14.7 Å². The van der Waals surface area contributed by atoms with E-state index in [1.54, 1.807) is 56.0 Å². The second kappa shape index (κ2) is 14.4. The van der Waals surface area contributed by atoms with Gasteiger partial charge >= 0.3 is 6.18 Å². The number of aromatic nitrogens is 5. The first-order valence-corrected chi connectivity index (χ1v) is 15.3. The lowest BCUT2D eigenvalue weighted by atomic mass is 10.0. The van der Waals surface area contributed by atoms with Crippen LogP contribution in [0.3, 0.4) is 0 Å². The zero-order valence-corrected chi connectivity index (χ0v) is 26.0. The van der Waals surface area contributed by atoms with Gasteiger partial charge in [0.15, 0.2) is 0 Å². The number of nitrogens with zero attached hydrogens (tertiary/aromatic N) is 5. The van der Waals surface area contributed by atoms with Crippen LogP contribution in [0, 0.1) is 13.8 Å². The van der Waals surface area contributed by atoms with Crippen molar-refractivity contribution in [1.29, 1.82) is 0 Å². The van der Waals surface area contributed by atoms with E-state index in [4.69, 9.17) is 0 Å². The molecule has 0 atom stereocenters. The Morgan fingerprint density at radius 3 is 2.43 bits per heavy atom. The van der Waals surface area contributed by atoms with E-state index < -0.39 is 11.7 Å². The number of unbranched alkanes of at least 4 members (excludes halogenated alkanes) is 4. The third-order valence-corrected chi connectivity index (χ3v) is 7.56. The summed E-state index contributed by atoms with van der Waals surface area (Å²) in [7, 11) is 0. The van der Waals surface area contributed by atoms with E-state index in [2.05, 4.69) is 37.2 Å². The van der Waals surface area contributed by atoms with Gasteiger partial charge in [0, 0.05) is 53.7 Å². The van der Waals surface area contributed by atoms with Gasteiger partial charge < -0.3 is 10.3 Å². The van der Waals surface area contributed by atoms with Crippen LogP contribution in [0.15, 0.2) is 79.4 Å². The predicted octanol–water partition coefficient (Wildman–Crippen LogP) is 9.33. The number of pyridine rings is 1. The first kappa shape index (κ1) is 32.3. The summed E-state index contributed by atoms with van der Waals surface area (Å²) in [5.41, 5.74) is 3.50. The van der Waals surface area contributed by atoms with Crippen LogP contribution < -0.4 is 10.2 Å². The lowest BCUT2D eigenvalue weighted by Crippen LogP contribution is -2.26. The van der Waals surface area contributed by atoms with Gasteiger partial charge in [-0.25, -0.2) is 15.0 Å².